The Hall–Kier alpha value is -2.55. The van der Waals surface area contributed by atoms with E-state index >= 15 is 0 Å². The standard InChI is InChI=1S/C23H33FN4O4/c1-3-32-23(31)26(2)16-8-9-21(20(24)13-16)27-10-4-5-15(14-27)25-22(30)28-17-6-7-18(28)12-19(29)11-17/h8-9,13,15,17-19,29H,3-7,10-12,14H2,1-2H3,(H,25,30)/t15-,17-,18+,19?/m0/s1. The first-order valence-corrected chi connectivity index (χ1v) is 11.6. The average Bonchev–Trinajstić information content (AvgIpc) is 3.04. The van der Waals surface area contributed by atoms with Crippen molar-refractivity contribution in [3.8, 4) is 0 Å². The number of hydrogen-bond donors (Lipinski definition) is 2. The van der Waals surface area contributed by atoms with Gasteiger partial charge in [-0.25, -0.2) is 14.0 Å². The molecule has 3 fully saturated rings. The average molecular weight is 449 g/mol. The van der Waals surface area contributed by atoms with Gasteiger partial charge in [0.2, 0.25) is 0 Å². The number of hydrogen-bond acceptors (Lipinski definition) is 5. The van der Waals surface area contributed by atoms with Gasteiger partial charge in [-0.05, 0) is 63.6 Å². The molecule has 0 radical (unpaired) electrons. The molecule has 4 rings (SSSR count). The van der Waals surface area contributed by atoms with Gasteiger partial charge in [0.25, 0.3) is 0 Å². The molecule has 3 heterocycles. The Labute approximate surface area is 188 Å². The largest absolute Gasteiger partial charge is 0.449 e. The maximum absolute atomic E-state index is 14.9. The molecule has 1 aromatic carbocycles. The van der Waals surface area contributed by atoms with Crippen molar-refractivity contribution in [1.29, 1.82) is 0 Å². The molecule has 3 amide bonds. The first kappa shape index (κ1) is 22.6. The zero-order valence-corrected chi connectivity index (χ0v) is 18.8. The number of carbonyl (C=O) groups is 2. The number of fused-ring (bicyclic) bond motifs is 2. The Balaban J connectivity index is 1.39. The van der Waals surface area contributed by atoms with Gasteiger partial charge in [0.05, 0.1) is 18.4 Å². The number of urea groups is 1. The summed E-state index contributed by atoms with van der Waals surface area (Å²) < 4.78 is 19.9. The molecule has 176 valence electrons. The van der Waals surface area contributed by atoms with E-state index in [4.69, 9.17) is 4.74 Å². The van der Waals surface area contributed by atoms with Crippen molar-refractivity contribution in [3.63, 3.8) is 0 Å². The number of benzene rings is 1. The molecule has 0 spiro atoms. The molecular formula is C23H33FN4O4. The van der Waals surface area contributed by atoms with Crippen LogP contribution in [0.15, 0.2) is 18.2 Å². The SMILES string of the molecule is CCOC(=O)N(C)c1ccc(N2CCC[C@H](NC(=O)N3[C@@H]4CC[C@H]3CC(O)C4)C2)c(F)c1. The quantitative estimate of drug-likeness (QED) is 0.740. The van der Waals surface area contributed by atoms with Gasteiger partial charge in [-0.15, -0.1) is 0 Å². The van der Waals surface area contributed by atoms with E-state index in [1.807, 2.05) is 9.80 Å². The minimum Gasteiger partial charge on any atom is -0.449 e. The predicted molar refractivity (Wildman–Crippen MR) is 119 cm³/mol. The van der Waals surface area contributed by atoms with Crippen molar-refractivity contribution in [2.45, 2.75) is 69.7 Å². The van der Waals surface area contributed by atoms with Crippen LogP contribution in [0.4, 0.5) is 25.4 Å². The zero-order valence-electron chi connectivity index (χ0n) is 18.8. The Morgan fingerprint density at radius 3 is 2.62 bits per heavy atom. The van der Waals surface area contributed by atoms with Crippen LogP contribution in [0, 0.1) is 5.82 Å². The third-order valence-corrected chi connectivity index (χ3v) is 6.89. The molecule has 3 aliphatic rings. The lowest BCUT2D eigenvalue weighted by molar-refractivity contribution is 0.0533. The highest BCUT2D eigenvalue weighted by atomic mass is 19.1. The summed E-state index contributed by atoms with van der Waals surface area (Å²) >= 11 is 0. The molecule has 3 aliphatic heterocycles. The summed E-state index contributed by atoms with van der Waals surface area (Å²) in [7, 11) is 1.55. The summed E-state index contributed by atoms with van der Waals surface area (Å²) in [4.78, 5) is 30.0. The molecule has 2 N–H and O–H groups in total. The minimum absolute atomic E-state index is 0.0659. The number of nitrogens with one attached hydrogen (secondary N) is 1. The zero-order chi connectivity index (χ0) is 22.8. The molecule has 2 bridgehead atoms. The monoisotopic (exact) mass is 448 g/mol. The Morgan fingerprint density at radius 1 is 1.25 bits per heavy atom. The number of anilines is 2. The number of halogens is 1. The fraction of sp³-hybridized carbons (Fsp3) is 0.652. The van der Waals surface area contributed by atoms with Gasteiger partial charge < -0.3 is 25.0 Å². The second-order valence-electron chi connectivity index (χ2n) is 9.05. The van der Waals surface area contributed by atoms with Crippen LogP contribution in [0.25, 0.3) is 0 Å². The third-order valence-electron chi connectivity index (χ3n) is 6.89. The van der Waals surface area contributed by atoms with Crippen LogP contribution in [0.2, 0.25) is 0 Å². The summed E-state index contributed by atoms with van der Waals surface area (Å²) in [5.74, 6) is -0.409. The lowest BCUT2D eigenvalue weighted by Crippen LogP contribution is -2.56. The van der Waals surface area contributed by atoms with Gasteiger partial charge in [0, 0.05) is 44.0 Å². The Morgan fingerprint density at radius 2 is 1.97 bits per heavy atom. The molecular weight excluding hydrogens is 415 g/mol. The summed E-state index contributed by atoms with van der Waals surface area (Å²) in [6.45, 7) is 3.21. The highest BCUT2D eigenvalue weighted by Crippen LogP contribution is 2.36. The van der Waals surface area contributed by atoms with E-state index in [-0.39, 0.29) is 36.9 Å². The van der Waals surface area contributed by atoms with Crippen molar-refractivity contribution >= 4 is 23.5 Å². The van der Waals surface area contributed by atoms with E-state index in [0.717, 1.165) is 25.7 Å². The fourth-order valence-corrected chi connectivity index (χ4v) is 5.33. The molecule has 9 heteroatoms. The van der Waals surface area contributed by atoms with Crippen LogP contribution < -0.4 is 15.1 Å². The molecule has 32 heavy (non-hydrogen) atoms. The highest BCUT2D eigenvalue weighted by Gasteiger charge is 2.43. The maximum Gasteiger partial charge on any atom is 0.413 e. The van der Waals surface area contributed by atoms with Gasteiger partial charge in [-0.2, -0.15) is 0 Å². The number of rotatable bonds is 4. The van der Waals surface area contributed by atoms with Crippen LogP contribution in [-0.2, 0) is 4.74 Å². The van der Waals surface area contributed by atoms with Crippen LogP contribution >= 0.6 is 0 Å². The molecule has 0 aromatic heterocycles. The number of nitrogens with zero attached hydrogens (tertiary/aromatic N) is 3. The lowest BCUT2D eigenvalue weighted by Gasteiger charge is -2.40. The first-order chi connectivity index (χ1) is 15.4. The van der Waals surface area contributed by atoms with Crippen LogP contribution in [0.5, 0.6) is 0 Å². The van der Waals surface area contributed by atoms with E-state index in [9.17, 15) is 19.1 Å². The van der Waals surface area contributed by atoms with E-state index in [1.54, 1.807) is 26.1 Å². The van der Waals surface area contributed by atoms with Crippen LogP contribution in [0.3, 0.4) is 0 Å². The van der Waals surface area contributed by atoms with E-state index < -0.39 is 11.9 Å². The van der Waals surface area contributed by atoms with E-state index in [0.29, 0.717) is 37.3 Å². The van der Waals surface area contributed by atoms with Crippen molar-refractivity contribution in [1.82, 2.24) is 10.2 Å². The number of ether oxygens (including phenoxy) is 1. The highest BCUT2D eigenvalue weighted by molar-refractivity contribution is 5.87. The maximum atomic E-state index is 14.9. The molecule has 0 aliphatic carbocycles. The molecule has 3 saturated heterocycles. The number of aliphatic hydroxyl groups excluding tert-OH is 1. The normalized spacial score (nSPS) is 27.2. The summed E-state index contributed by atoms with van der Waals surface area (Å²) in [5, 5.41) is 13.1. The smallest absolute Gasteiger partial charge is 0.413 e. The summed E-state index contributed by atoms with van der Waals surface area (Å²) in [5.41, 5.74) is 0.889. The van der Waals surface area contributed by atoms with Gasteiger partial charge in [0.15, 0.2) is 0 Å². The van der Waals surface area contributed by atoms with Crippen molar-refractivity contribution in [3.05, 3.63) is 24.0 Å². The fourth-order valence-electron chi connectivity index (χ4n) is 5.33. The number of piperidine rings is 2. The Bertz CT molecular complexity index is 839. The van der Waals surface area contributed by atoms with Gasteiger partial charge >= 0.3 is 12.1 Å². The van der Waals surface area contributed by atoms with E-state index in [1.165, 1.54) is 11.0 Å². The summed E-state index contributed by atoms with van der Waals surface area (Å²) in [6.07, 6.45) is 4.06. The van der Waals surface area contributed by atoms with Gasteiger partial charge in [-0.3, -0.25) is 4.90 Å². The van der Waals surface area contributed by atoms with Gasteiger partial charge in [-0.1, -0.05) is 0 Å². The van der Waals surface area contributed by atoms with Crippen LogP contribution in [-0.4, -0.2) is 73.1 Å². The Kier molecular flexibility index (Phi) is 6.74. The molecule has 4 atom stereocenters. The molecule has 0 saturated carbocycles. The minimum atomic E-state index is -0.528. The predicted octanol–water partition coefficient (Wildman–Crippen LogP) is 3.08. The van der Waals surface area contributed by atoms with Crippen LogP contribution in [0.1, 0.15) is 45.4 Å². The number of amides is 3. The topological polar surface area (TPSA) is 85.4 Å². The van der Waals surface area contributed by atoms with Gasteiger partial charge in [0.1, 0.15) is 5.82 Å². The van der Waals surface area contributed by atoms with E-state index in [2.05, 4.69) is 5.32 Å². The molecule has 8 nitrogen and oxygen atoms in total. The number of carbonyl (C=O) groups excluding carboxylic acids is 2. The lowest BCUT2D eigenvalue weighted by atomic mass is 10.00. The molecule has 1 aromatic rings. The van der Waals surface area contributed by atoms with Crippen molar-refractivity contribution < 1.29 is 23.8 Å². The van der Waals surface area contributed by atoms with Crippen molar-refractivity contribution in [2.75, 3.05) is 36.5 Å². The first-order valence-electron chi connectivity index (χ1n) is 11.6. The second kappa shape index (κ2) is 9.52. The van der Waals surface area contributed by atoms with Crippen molar-refractivity contribution in [2.24, 2.45) is 0 Å². The third kappa shape index (κ3) is 4.62. The molecule has 1 unspecified atom stereocenters. The second-order valence-corrected chi connectivity index (χ2v) is 9.05. The number of aliphatic hydroxyl groups is 1. The summed E-state index contributed by atoms with van der Waals surface area (Å²) in [6, 6.07) is 4.82.